The van der Waals surface area contributed by atoms with Crippen molar-refractivity contribution < 1.29 is 9.53 Å². The third kappa shape index (κ3) is 3.23. The highest BCUT2D eigenvalue weighted by molar-refractivity contribution is 8.00. The first-order chi connectivity index (χ1) is 10.6. The molecule has 1 aromatic carbocycles. The summed E-state index contributed by atoms with van der Waals surface area (Å²) in [6, 6.07) is 7.79. The molecule has 1 saturated heterocycles. The van der Waals surface area contributed by atoms with Gasteiger partial charge in [-0.1, -0.05) is 23.9 Å². The van der Waals surface area contributed by atoms with Gasteiger partial charge in [0.25, 0.3) is 0 Å². The van der Waals surface area contributed by atoms with Crippen LogP contribution in [-0.4, -0.2) is 52.3 Å². The van der Waals surface area contributed by atoms with E-state index in [4.69, 9.17) is 4.74 Å². The first-order valence-corrected chi connectivity index (χ1v) is 8.29. The molecule has 3 rings (SSSR count). The summed E-state index contributed by atoms with van der Waals surface area (Å²) >= 11 is 1.48. The molecule has 0 bridgehead atoms. The largest absolute Gasteiger partial charge is 0.378 e. The summed E-state index contributed by atoms with van der Waals surface area (Å²) < 4.78 is 5.29. The fourth-order valence-electron chi connectivity index (χ4n) is 2.44. The van der Waals surface area contributed by atoms with Crippen LogP contribution in [0.1, 0.15) is 12.6 Å². The summed E-state index contributed by atoms with van der Waals surface area (Å²) in [6.07, 6.45) is 0. The number of hydrogen-bond acceptors (Lipinski definition) is 5. The maximum absolute atomic E-state index is 12.5. The standard InChI is InChI=1S/C16H19N3O2S/c1-11-15(18-14-6-4-3-5-13(14)17-11)22-12(2)16(20)19-7-9-21-10-8-19/h3-6,12H,7-10H2,1-2H3/t12-/m1/s1. The average molecular weight is 317 g/mol. The van der Waals surface area contributed by atoms with E-state index in [0.717, 1.165) is 21.8 Å². The number of rotatable bonds is 3. The zero-order chi connectivity index (χ0) is 15.5. The lowest BCUT2D eigenvalue weighted by atomic mass is 10.3. The Balaban J connectivity index is 1.76. The number of aromatic nitrogens is 2. The quantitative estimate of drug-likeness (QED) is 0.813. The number of carbonyl (C=O) groups is 1. The summed E-state index contributed by atoms with van der Waals surface area (Å²) in [5.74, 6) is 0.141. The smallest absolute Gasteiger partial charge is 0.235 e. The van der Waals surface area contributed by atoms with Gasteiger partial charge >= 0.3 is 0 Å². The van der Waals surface area contributed by atoms with Gasteiger partial charge in [0.05, 0.1) is 35.2 Å². The molecule has 1 aliphatic rings. The number of morpholine rings is 1. The van der Waals surface area contributed by atoms with Crippen molar-refractivity contribution in [1.82, 2.24) is 14.9 Å². The number of para-hydroxylation sites is 2. The van der Waals surface area contributed by atoms with Gasteiger partial charge in [0, 0.05) is 13.1 Å². The Bertz CT molecular complexity index is 686. The second-order valence-corrected chi connectivity index (χ2v) is 6.63. The molecular formula is C16H19N3O2S. The second-order valence-electron chi connectivity index (χ2n) is 5.30. The van der Waals surface area contributed by atoms with Crippen molar-refractivity contribution in [2.24, 2.45) is 0 Å². The molecule has 1 aromatic heterocycles. The molecule has 0 aliphatic carbocycles. The van der Waals surface area contributed by atoms with E-state index in [0.29, 0.717) is 26.3 Å². The van der Waals surface area contributed by atoms with E-state index < -0.39 is 0 Å². The van der Waals surface area contributed by atoms with Crippen LogP contribution in [0.4, 0.5) is 0 Å². The lowest BCUT2D eigenvalue weighted by Gasteiger charge is -2.29. The topological polar surface area (TPSA) is 55.3 Å². The van der Waals surface area contributed by atoms with Crippen LogP contribution in [0.2, 0.25) is 0 Å². The molecule has 0 saturated carbocycles. The van der Waals surface area contributed by atoms with Gasteiger partial charge in [-0.2, -0.15) is 0 Å². The average Bonchev–Trinajstić information content (AvgIpc) is 2.55. The predicted octanol–water partition coefficient (Wildman–Crippen LogP) is 2.28. The van der Waals surface area contributed by atoms with E-state index in [1.54, 1.807) is 0 Å². The Morgan fingerprint density at radius 1 is 1.23 bits per heavy atom. The molecule has 2 aromatic rings. The zero-order valence-electron chi connectivity index (χ0n) is 12.8. The van der Waals surface area contributed by atoms with Gasteiger partial charge in [0.15, 0.2) is 0 Å². The molecule has 0 radical (unpaired) electrons. The van der Waals surface area contributed by atoms with E-state index in [1.165, 1.54) is 11.8 Å². The van der Waals surface area contributed by atoms with Crippen LogP contribution in [0, 0.1) is 6.92 Å². The molecule has 0 unspecified atom stereocenters. The van der Waals surface area contributed by atoms with Crippen molar-refractivity contribution in [3.8, 4) is 0 Å². The number of nitrogens with zero attached hydrogens (tertiary/aromatic N) is 3. The molecule has 1 atom stereocenters. The summed E-state index contributed by atoms with van der Waals surface area (Å²) in [5, 5.41) is 0.653. The molecule has 0 spiro atoms. The predicted molar refractivity (Wildman–Crippen MR) is 87.0 cm³/mol. The van der Waals surface area contributed by atoms with Crippen LogP contribution in [0.15, 0.2) is 29.3 Å². The zero-order valence-corrected chi connectivity index (χ0v) is 13.6. The molecule has 5 nitrogen and oxygen atoms in total. The molecule has 22 heavy (non-hydrogen) atoms. The highest BCUT2D eigenvalue weighted by Gasteiger charge is 2.24. The lowest BCUT2D eigenvalue weighted by molar-refractivity contribution is -0.134. The Morgan fingerprint density at radius 3 is 2.55 bits per heavy atom. The van der Waals surface area contributed by atoms with Gasteiger partial charge in [-0.05, 0) is 26.0 Å². The summed E-state index contributed by atoms with van der Waals surface area (Å²) in [7, 11) is 0. The highest BCUT2D eigenvalue weighted by atomic mass is 32.2. The van der Waals surface area contributed by atoms with E-state index in [1.807, 2.05) is 43.0 Å². The maximum atomic E-state index is 12.5. The third-order valence-corrected chi connectivity index (χ3v) is 4.83. The van der Waals surface area contributed by atoms with Crippen molar-refractivity contribution in [3.63, 3.8) is 0 Å². The van der Waals surface area contributed by atoms with Crippen molar-refractivity contribution in [2.45, 2.75) is 24.1 Å². The minimum atomic E-state index is -0.174. The van der Waals surface area contributed by atoms with Crippen LogP contribution in [0.25, 0.3) is 11.0 Å². The van der Waals surface area contributed by atoms with Crippen LogP contribution >= 0.6 is 11.8 Å². The number of amides is 1. The Hall–Kier alpha value is -1.66. The van der Waals surface area contributed by atoms with Crippen LogP contribution < -0.4 is 0 Å². The molecular weight excluding hydrogens is 298 g/mol. The highest BCUT2D eigenvalue weighted by Crippen LogP contribution is 2.27. The first kappa shape index (κ1) is 15.2. The van der Waals surface area contributed by atoms with Gasteiger partial charge in [-0.15, -0.1) is 0 Å². The third-order valence-electron chi connectivity index (χ3n) is 3.66. The maximum Gasteiger partial charge on any atom is 0.235 e. The molecule has 2 heterocycles. The monoisotopic (exact) mass is 317 g/mol. The molecule has 1 amide bonds. The van der Waals surface area contributed by atoms with E-state index >= 15 is 0 Å². The van der Waals surface area contributed by atoms with Gasteiger partial charge in [-0.25, -0.2) is 9.97 Å². The van der Waals surface area contributed by atoms with Crippen molar-refractivity contribution in [1.29, 1.82) is 0 Å². The van der Waals surface area contributed by atoms with E-state index in [9.17, 15) is 4.79 Å². The molecule has 6 heteroatoms. The molecule has 116 valence electrons. The number of thioether (sulfide) groups is 1. The van der Waals surface area contributed by atoms with Gasteiger partial charge in [0.2, 0.25) is 5.91 Å². The summed E-state index contributed by atoms with van der Waals surface area (Å²) in [6.45, 7) is 6.46. The first-order valence-electron chi connectivity index (χ1n) is 7.42. The number of fused-ring (bicyclic) bond motifs is 1. The fraction of sp³-hybridized carbons (Fsp3) is 0.438. The minimum absolute atomic E-state index is 0.141. The van der Waals surface area contributed by atoms with Gasteiger partial charge in [0.1, 0.15) is 5.03 Å². The van der Waals surface area contributed by atoms with Crippen LogP contribution in [-0.2, 0) is 9.53 Å². The minimum Gasteiger partial charge on any atom is -0.378 e. The molecule has 1 aliphatic heterocycles. The van der Waals surface area contributed by atoms with E-state index in [-0.39, 0.29) is 11.2 Å². The van der Waals surface area contributed by atoms with E-state index in [2.05, 4.69) is 9.97 Å². The number of benzene rings is 1. The second kappa shape index (κ2) is 6.62. The summed E-state index contributed by atoms with van der Waals surface area (Å²) in [4.78, 5) is 23.6. The van der Waals surface area contributed by atoms with Gasteiger partial charge in [-0.3, -0.25) is 4.79 Å². The fourth-order valence-corrected chi connectivity index (χ4v) is 3.39. The van der Waals surface area contributed by atoms with Crippen LogP contribution in [0.5, 0.6) is 0 Å². The number of ether oxygens (including phenoxy) is 1. The number of hydrogen-bond donors (Lipinski definition) is 0. The number of carbonyl (C=O) groups excluding carboxylic acids is 1. The Labute approximate surface area is 134 Å². The number of aryl methyl sites for hydroxylation is 1. The molecule has 1 fully saturated rings. The van der Waals surface area contributed by atoms with Crippen LogP contribution in [0.3, 0.4) is 0 Å². The van der Waals surface area contributed by atoms with Crippen molar-refractivity contribution in [2.75, 3.05) is 26.3 Å². The Morgan fingerprint density at radius 2 is 1.86 bits per heavy atom. The molecule has 0 N–H and O–H groups in total. The Kier molecular flexibility index (Phi) is 4.59. The van der Waals surface area contributed by atoms with Crippen molar-refractivity contribution >= 4 is 28.7 Å². The SMILES string of the molecule is Cc1nc2ccccc2nc1S[C@H](C)C(=O)N1CCOCC1. The van der Waals surface area contributed by atoms with Crippen molar-refractivity contribution in [3.05, 3.63) is 30.0 Å². The summed E-state index contributed by atoms with van der Waals surface area (Å²) in [5.41, 5.74) is 2.61. The van der Waals surface area contributed by atoms with Gasteiger partial charge < -0.3 is 9.64 Å². The normalized spacial score (nSPS) is 16.7. The lowest BCUT2D eigenvalue weighted by Crippen LogP contribution is -2.44.